The number of primary amides is 1. The lowest BCUT2D eigenvalue weighted by atomic mass is 9.97. The molecule has 0 bridgehead atoms. The highest BCUT2D eigenvalue weighted by Gasteiger charge is 2.60. The Balaban J connectivity index is 0.000000500. The van der Waals surface area contributed by atoms with Gasteiger partial charge < -0.3 is 11.1 Å². The van der Waals surface area contributed by atoms with E-state index in [1.165, 1.54) is 0 Å². The standard InChI is InChI=1S/C6H10N2O.ClH/c7-5(9)4-1-6(4)2-8-3-6;/h4,8H,1-3H2,(H2,7,9);1H. The van der Waals surface area contributed by atoms with Gasteiger partial charge in [0.1, 0.15) is 0 Å². The molecule has 1 aliphatic heterocycles. The molecule has 1 spiro atoms. The number of carbonyl (C=O) groups is 1. The lowest BCUT2D eigenvalue weighted by molar-refractivity contribution is -0.120. The molecular formula is C6H11ClN2O. The summed E-state index contributed by atoms with van der Waals surface area (Å²) in [6, 6.07) is 0. The van der Waals surface area contributed by atoms with Crippen LogP contribution in [0.25, 0.3) is 0 Å². The van der Waals surface area contributed by atoms with Crippen molar-refractivity contribution < 1.29 is 4.79 Å². The molecule has 1 saturated carbocycles. The van der Waals surface area contributed by atoms with Gasteiger partial charge in [0.25, 0.3) is 0 Å². The van der Waals surface area contributed by atoms with Crippen LogP contribution in [0.4, 0.5) is 0 Å². The van der Waals surface area contributed by atoms with E-state index in [1.54, 1.807) is 0 Å². The van der Waals surface area contributed by atoms with Gasteiger partial charge in [0, 0.05) is 24.4 Å². The molecule has 3 nitrogen and oxygen atoms in total. The van der Waals surface area contributed by atoms with Crippen LogP contribution in [-0.4, -0.2) is 19.0 Å². The van der Waals surface area contributed by atoms with Crippen LogP contribution >= 0.6 is 12.4 Å². The molecule has 2 aliphatic rings. The van der Waals surface area contributed by atoms with E-state index in [-0.39, 0.29) is 24.2 Å². The van der Waals surface area contributed by atoms with Crippen LogP contribution in [0.3, 0.4) is 0 Å². The molecule has 1 amide bonds. The van der Waals surface area contributed by atoms with E-state index in [9.17, 15) is 4.79 Å². The van der Waals surface area contributed by atoms with Crippen molar-refractivity contribution in [3.8, 4) is 0 Å². The topological polar surface area (TPSA) is 55.1 Å². The Hall–Kier alpha value is -0.280. The van der Waals surface area contributed by atoms with Gasteiger partial charge in [-0.25, -0.2) is 0 Å². The molecule has 3 N–H and O–H groups in total. The third kappa shape index (κ3) is 0.812. The fraction of sp³-hybridized carbons (Fsp3) is 0.833. The maximum Gasteiger partial charge on any atom is 0.221 e. The second-order valence-corrected chi connectivity index (χ2v) is 3.13. The summed E-state index contributed by atoms with van der Waals surface area (Å²) in [6.07, 6.45) is 1.02. The lowest BCUT2D eigenvalue weighted by Gasteiger charge is -2.27. The quantitative estimate of drug-likeness (QED) is 0.547. The average Bonchev–Trinajstić information content (AvgIpc) is 2.34. The Morgan fingerprint density at radius 3 is 2.30 bits per heavy atom. The molecular weight excluding hydrogens is 152 g/mol. The minimum atomic E-state index is -0.114. The number of carbonyl (C=O) groups excluding carboxylic acids is 1. The summed E-state index contributed by atoms with van der Waals surface area (Å²) in [6.45, 7) is 2.00. The van der Waals surface area contributed by atoms with Crippen molar-refractivity contribution in [3.63, 3.8) is 0 Å². The Bertz CT molecular complexity index is 167. The van der Waals surface area contributed by atoms with Crippen molar-refractivity contribution in [2.75, 3.05) is 13.1 Å². The minimum Gasteiger partial charge on any atom is -0.369 e. The normalized spacial score (nSPS) is 32.2. The Kier molecular flexibility index (Phi) is 1.65. The molecule has 58 valence electrons. The number of amides is 1. The first-order valence-corrected chi connectivity index (χ1v) is 3.25. The van der Waals surface area contributed by atoms with E-state index in [2.05, 4.69) is 5.32 Å². The molecule has 1 saturated heterocycles. The predicted octanol–water partition coefficient (Wildman–Crippen LogP) is -0.497. The van der Waals surface area contributed by atoms with Crippen LogP contribution in [0.5, 0.6) is 0 Å². The molecule has 0 aromatic rings. The van der Waals surface area contributed by atoms with Crippen molar-refractivity contribution in [1.82, 2.24) is 5.32 Å². The van der Waals surface area contributed by atoms with E-state index < -0.39 is 0 Å². The van der Waals surface area contributed by atoms with Crippen LogP contribution < -0.4 is 11.1 Å². The monoisotopic (exact) mass is 162 g/mol. The van der Waals surface area contributed by atoms with E-state index in [0.29, 0.717) is 5.41 Å². The van der Waals surface area contributed by atoms with Crippen LogP contribution in [0.1, 0.15) is 6.42 Å². The van der Waals surface area contributed by atoms with Crippen LogP contribution in [0.2, 0.25) is 0 Å². The van der Waals surface area contributed by atoms with Gasteiger partial charge >= 0.3 is 0 Å². The summed E-state index contributed by atoms with van der Waals surface area (Å²) in [5, 5.41) is 3.14. The fourth-order valence-electron chi connectivity index (χ4n) is 1.59. The Labute approximate surface area is 65.8 Å². The molecule has 0 radical (unpaired) electrons. The van der Waals surface area contributed by atoms with E-state index >= 15 is 0 Å². The van der Waals surface area contributed by atoms with Gasteiger partial charge in [-0.3, -0.25) is 4.79 Å². The Morgan fingerprint density at radius 2 is 2.20 bits per heavy atom. The molecule has 0 aromatic heterocycles. The molecule has 10 heavy (non-hydrogen) atoms. The van der Waals surface area contributed by atoms with Crippen molar-refractivity contribution in [2.45, 2.75) is 6.42 Å². The molecule has 1 atom stereocenters. The van der Waals surface area contributed by atoms with Crippen LogP contribution in [0, 0.1) is 11.3 Å². The molecule has 1 aliphatic carbocycles. The first-order chi connectivity index (χ1) is 4.25. The summed E-state index contributed by atoms with van der Waals surface area (Å²) in [4.78, 5) is 10.6. The maximum atomic E-state index is 10.6. The molecule has 1 unspecified atom stereocenters. The van der Waals surface area contributed by atoms with Crippen molar-refractivity contribution >= 4 is 18.3 Å². The van der Waals surface area contributed by atoms with Gasteiger partial charge in [-0.2, -0.15) is 0 Å². The van der Waals surface area contributed by atoms with E-state index in [4.69, 9.17) is 5.73 Å². The average molecular weight is 163 g/mol. The summed E-state index contributed by atoms with van der Waals surface area (Å²) in [5.41, 5.74) is 5.44. The van der Waals surface area contributed by atoms with Crippen molar-refractivity contribution in [1.29, 1.82) is 0 Å². The lowest BCUT2D eigenvalue weighted by Crippen LogP contribution is -2.46. The number of hydrogen-bond donors (Lipinski definition) is 2. The second-order valence-electron chi connectivity index (χ2n) is 3.13. The van der Waals surface area contributed by atoms with E-state index in [1.807, 2.05) is 0 Å². The highest BCUT2D eigenvalue weighted by molar-refractivity contribution is 5.85. The third-order valence-electron chi connectivity index (χ3n) is 2.49. The van der Waals surface area contributed by atoms with Gasteiger partial charge in [-0.05, 0) is 6.42 Å². The predicted molar refractivity (Wildman–Crippen MR) is 39.9 cm³/mol. The first-order valence-electron chi connectivity index (χ1n) is 3.25. The van der Waals surface area contributed by atoms with E-state index in [0.717, 1.165) is 19.5 Å². The maximum absolute atomic E-state index is 10.6. The highest BCUT2D eigenvalue weighted by Crippen LogP contribution is 2.54. The fourth-order valence-corrected chi connectivity index (χ4v) is 1.59. The van der Waals surface area contributed by atoms with Crippen LogP contribution in [0.15, 0.2) is 0 Å². The number of nitrogens with two attached hydrogens (primary N) is 1. The molecule has 2 fully saturated rings. The molecule has 0 aromatic carbocycles. The summed E-state index contributed by atoms with van der Waals surface area (Å²) in [5.74, 6) is 0.0789. The zero-order chi connectivity index (χ0) is 6.48. The molecule has 1 heterocycles. The highest BCUT2D eigenvalue weighted by atomic mass is 35.5. The van der Waals surface area contributed by atoms with Crippen molar-refractivity contribution in [2.24, 2.45) is 17.1 Å². The number of halogens is 1. The molecule has 2 rings (SSSR count). The Morgan fingerprint density at radius 1 is 1.60 bits per heavy atom. The zero-order valence-electron chi connectivity index (χ0n) is 5.59. The number of nitrogens with one attached hydrogen (secondary N) is 1. The third-order valence-corrected chi connectivity index (χ3v) is 2.49. The van der Waals surface area contributed by atoms with Gasteiger partial charge in [0.2, 0.25) is 5.91 Å². The summed E-state index contributed by atoms with van der Waals surface area (Å²) >= 11 is 0. The zero-order valence-corrected chi connectivity index (χ0v) is 6.41. The van der Waals surface area contributed by atoms with Crippen molar-refractivity contribution in [3.05, 3.63) is 0 Å². The minimum absolute atomic E-state index is 0. The van der Waals surface area contributed by atoms with Crippen LogP contribution in [-0.2, 0) is 4.79 Å². The van der Waals surface area contributed by atoms with Gasteiger partial charge in [-0.15, -0.1) is 12.4 Å². The van der Waals surface area contributed by atoms with Gasteiger partial charge in [0.05, 0.1) is 0 Å². The number of rotatable bonds is 1. The SMILES string of the molecule is Cl.NC(=O)C1CC12CNC2. The second kappa shape index (κ2) is 2.10. The smallest absolute Gasteiger partial charge is 0.221 e. The largest absolute Gasteiger partial charge is 0.369 e. The number of hydrogen-bond acceptors (Lipinski definition) is 2. The molecule has 4 heteroatoms. The first kappa shape index (κ1) is 7.82. The summed E-state index contributed by atoms with van der Waals surface area (Å²) in [7, 11) is 0. The van der Waals surface area contributed by atoms with Gasteiger partial charge in [0.15, 0.2) is 0 Å². The van der Waals surface area contributed by atoms with Gasteiger partial charge in [-0.1, -0.05) is 0 Å². The summed E-state index contributed by atoms with van der Waals surface area (Å²) < 4.78 is 0.